The third kappa shape index (κ3) is 1.84. The monoisotopic (exact) mass is 162 g/mol. The fourth-order valence-corrected chi connectivity index (χ4v) is 1.28. The summed E-state index contributed by atoms with van der Waals surface area (Å²) in [6.07, 6.45) is 2.73. The zero-order valence-corrected chi connectivity index (χ0v) is 7.54. The second-order valence-electron chi connectivity index (χ2n) is 2.82. The smallest absolute Gasteiger partial charge is 0.0538 e. The highest BCUT2D eigenvalue weighted by Crippen LogP contribution is 2.09. The van der Waals surface area contributed by atoms with Gasteiger partial charge in [0.2, 0.25) is 0 Å². The first kappa shape index (κ1) is 8.78. The van der Waals surface area contributed by atoms with Crippen LogP contribution in [0.2, 0.25) is 0 Å². The minimum atomic E-state index is 1.06. The highest BCUT2D eigenvalue weighted by Gasteiger charge is 1.95. The van der Waals surface area contributed by atoms with E-state index in [4.69, 9.17) is 5.84 Å². The molecule has 0 fully saturated rings. The summed E-state index contributed by atoms with van der Waals surface area (Å²) in [6, 6.07) is 6.24. The second-order valence-corrected chi connectivity index (χ2v) is 2.82. The topological polar surface area (TPSA) is 38.4 Å². The van der Waals surface area contributed by atoms with Crippen LogP contribution in [0, 0.1) is 6.92 Å². The molecule has 0 unspecified atom stereocenters. The predicted molar refractivity (Wildman–Crippen MR) is 52.3 cm³/mol. The minimum absolute atomic E-state index is 1.06. The van der Waals surface area contributed by atoms with Crippen molar-refractivity contribution in [3.05, 3.63) is 34.9 Å². The maximum atomic E-state index is 5.05. The molecule has 0 radical (unpaired) electrons. The van der Waals surface area contributed by atoms with Gasteiger partial charge < -0.3 is 5.84 Å². The van der Waals surface area contributed by atoms with Crippen LogP contribution in [0.15, 0.2) is 23.3 Å². The molecular weight excluding hydrogens is 148 g/mol. The number of aryl methyl sites for hydroxylation is 2. The van der Waals surface area contributed by atoms with Gasteiger partial charge in [-0.3, -0.25) is 0 Å². The Morgan fingerprint density at radius 3 is 2.75 bits per heavy atom. The Hall–Kier alpha value is -1.31. The van der Waals surface area contributed by atoms with Crippen molar-refractivity contribution in [2.45, 2.75) is 20.3 Å². The Kier molecular flexibility index (Phi) is 2.86. The summed E-state index contributed by atoms with van der Waals surface area (Å²) in [7, 11) is 0. The molecule has 1 aromatic rings. The van der Waals surface area contributed by atoms with Crippen molar-refractivity contribution in [3.63, 3.8) is 0 Å². The summed E-state index contributed by atoms with van der Waals surface area (Å²) >= 11 is 0. The molecule has 12 heavy (non-hydrogen) atoms. The third-order valence-corrected chi connectivity index (χ3v) is 1.97. The summed E-state index contributed by atoms with van der Waals surface area (Å²) in [4.78, 5) is 0. The molecule has 0 aliphatic rings. The van der Waals surface area contributed by atoms with Crippen LogP contribution in [-0.2, 0) is 6.42 Å². The Bertz CT molecular complexity index is 290. The van der Waals surface area contributed by atoms with Gasteiger partial charge in [-0.25, -0.2) is 0 Å². The summed E-state index contributed by atoms with van der Waals surface area (Å²) in [5.74, 6) is 5.05. The van der Waals surface area contributed by atoms with E-state index in [1.807, 2.05) is 6.07 Å². The maximum absolute atomic E-state index is 5.05. The number of rotatable bonds is 2. The Balaban J connectivity index is 3.01. The lowest BCUT2D eigenvalue weighted by atomic mass is 10.0. The molecule has 0 heterocycles. The molecule has 2 N–H and O–H groups in total. The molecule has 1 rings (SSSR count). The lowest BCUT2D eigenvalue weighted by Gasteiger charge is -2.02. The third-order valence-electron chi connectivity index (χ3n) is 1.97. The first-order chi connectivity index (χ1) is 5.77. The normalized spacial score (nSPS) is 10.8. The standard InChI is InChI=1S/C10H14N2/c1-3-10-5-4-9(7-12-11)6-8(10)2/h4-7H,3,11H2,1-2H3/b12-7+. The van der Waals surface area contributed by atoms with Crippen LogP contribution in [0.1, 0.15) is 23.6 Å². The molecule has 0 aliphatic carbocycles. The molecule has 0 aliphatic heterocycles. The largest absolute Gasteiger partial charge is 0.323 e. The van der Waals surface area contributed by atoms with Crippen molar-refractivity contribution in [1.29, 1.82) is 0 Å². The number of hydrogen-bond donors (Lipinski definition) is 1. The Labute approximate surface area is 73.1 Å². The first-order valence-electron chi connectivity index (χ1n) is 4.10. The molecular formula is C10H14N2. The number of hydrogen-bond acceptors (Lipinski definition) is 2. The van der Waals surface area contributed by atoms with Gasteiger partial charge in [-0.1, -0.05) is 25.1 Å². The zero-order valence-electron chi connectivity index (χ0n) is 7.54. The molecule has 0 saturated carbocycles. The van der Waals surface area contributed by atoms with E-state index in [2.05, 4.69) is 31.1 Å². The number of benzene rings is 1. The van der Waals surface area contributed by atoms with Gasteiger partial charge in [0.05, 0.1) is 6.21 Å². The number of hydrazone groups is 1. The van der Waals surface area contributed by atoms with E-state index in [1.54, 1.807) is 6.21 Å². The second kappa shape index (κ2) is 3.90. The molecule has 0 bridgehead atoms. The molecule has 2 heteroatoms. The molecule has 0 atom stereocenters. The quantitative estimate of drug-likeness (QED) is 0.402. The summed E-state index contributed by atoms with van der Waals surface area (Å²) in [5.41, 5.74) is 3.74. The van der Waals surface area contributed by atoms with Gasteiger partial charge in [-0.15, -0.1) is 0 Å². The first-order valence-corrected chi connectivity index (χ1v) is 4.10. The van der Waals surface area contributed by atoms with Crippen molar-refractivity contribution < 1.29 is 0 Å². The number of nitrogens with zero attached hydrogens (tertiary/aromatic N) is 1. The van der Waals surface area contributed by atoms with E-state index in [-0.39, 0.29) is 0 Å². The molecule has 0 amide bonds. The molecule has 0 aromatic heterocycles. The van der Waals surface area contributed by atoms with Crippen LogP contribution in [0.25, 0.3) is 0 Å². The van der Waals surface area contributed by atoms with Gasteiger partial charge in [-0.2, -0.15) is 5.10 Å². The molecule has 0 saturated heterocycles. The van der Waals surface area contributed by atoms with Gasteiger partial charge in [0.15, 0.2) is 0 Å². The fourth-order valence-electron chi connectivity index (χ4n) is 1.28. The van der Waals surface area contributed by atoms with Crippen LogP contribution in [-0.4, -0.2) is 6.21 Å². The van der Waals surface area contributed by atoms with Gasteiger partial charge in [-0.05, 0) is 30.0 Å². The van der Waals surface area contributed by atoms with Gasteiger partial charge >= 0.3 is 0 Å². The maximum Gasteiger partial charge on any atom is 0.0538 e. The molecule has 2 nitrogen and oxygen atoms in total. The average molecular weight is 162 g/mol. The highest BCUT2D eigenvalue weighted by molar-refractivity contribution is 5.79. The molecule has 1 aromatic carbocycles. The van der Waals surface area contributed by atoms with Gasteiger partial charge in [0.25, 0.3) is 0 Å². The highest BCUT2D eigenvalue weighted by atomic mass is 15.1. The van der Waals surface area contributed by atoms with Gasteiger partial charge in [0, 0.05) is 0 Å². The van der Waals surface area contributed by atoms with E-state index in [0.717, 1.165) is 12.0 Å². The number of nitrogens with two attached hydrogens (primary N) is 1. The predicted octanol–water partition coefficient (Wildman–Crippen LogP) is 1.85. The van der Waals surface area contributed by atoms with E-state index >= 15 is 0 Å². The lowest BCUT2D eigenvalue weighted by molar-refractivity contribution is 1.11. The van der Waals surface area contributed by atoms with Crippen molar-refractivity contribution in [1.82, 2.24) is 0 Å². The Morgan fingerprint density at radius 2 is 2.25 bits per heavy atom. The summed E-state index contributed by atoms with van der Waals surface area (Å²) in [6.45, 7) is 4.26. The van der Waals surface area contributed by atoms with Crippen LogP contribution >= 0.6 is 0 Å². The average Bonchev–Trinajstić information content (AvgIpc) is 2.05. The van der Waals surface area contributed by atoms with E-state index in [0.29, 0.717) is 0 Å². The van der Waals surface area contributed by atoms with Crippen LogP contribution in [0.3, 0.4) is 0 Å². The van der Waals surface area contributed by atoms with Gasteiger partial charge in [0.1, 0.15) is 0 Å². The van der Waals surface area contributed by atoms with Crippen LogP contribution in [0.5, 0.6) is 0 Å². The van der Waals surface area contributed by atoms with Crippen molar-refractivity contribution in [2.24, 2.45) is 10.9 Å². The van der Waals surface area contributed by atoms with Crippen molar-refractivity contribution in [2.75, 3.05) is 0 Å². The SMILES string of the molecule is CCc1ccc(/C=N/N)cc1C. The van der Waals surface area contributed by atoms with E-state index < -0.39 is 0 Å². The van der Waals surface area contributed by atoms with Crippen LogP contribution < -0.4 is 5.84 Å². The molecule has 0 spiro atoms. The molecule has 64 valence electrons. The summed E-state index contributed by atoms with van der Waals surface area (Å²) in [5, 5.41) is 3.48. The fraction of sp³-hybridized carbons (Fsp3) is 0.300. The van der Waals surface area contributed by atoms with Crippen molar-refractivity contribution >= 4 is 6.21 Å². The Morgan fingerprint density at radius 1 is 1.50 bits per heavy atom. The van der Waals surface area contributed by atoms with Crippen molar-refractivity contribution in [3.8, 4) is 0 Å². The summed E-state index contributed by atoms with van der Waals surface area (Å²) < 4.78 is 0. The lowest BCUT2D eigenvalue weighted by Crippen LogP contribution is -1.91. The zero-order chi connectivity index (χ0) is 8.97. The van der Waals surface area contributed by atoms with E-state index in [1.165, 1.54) is 11.1 Å². The van der Waals surface area contributed by atoms with Crippen LogP contribution in [0.4, 0.5) is 0 Å². The van der Waals surface area contributed by atoms with E-state index in [9.17, 15) is 0 Å². The minimum Gasteiger partial charge on any atom is -0.323 e.